The standard InChI is InChI=1S/C22H24FN5OS/c1-12-25-17-9-19(29)14(8-20(17)30-12)16-7-13-3-6-28(21(13)27-26-16)18-10-22(4-2-5-22)24-11-15(18)23/h7-9,15,18,24,29H,2-6,10-11H2,1H3/t15-,18+/m1/s1. The molecule has 1 saturated carbocycles. The van der Waals surface area contributed by atoms with Gasteiger partial charge in [-0.25, -0.2) is 9.37 Å². The minimum absolute atomic E-state index is 0.122. The number of halogens is 1. The van der Waals surface area contributed by atoms with Crippen LogP contribution in [0.3, 0.4) is 0 Å². The van der Waals surface area contributed by atoms with Crippen LogP contribution in [0.2, 0.25) is 0 Å². The highest BCUT2D eigenvalue weighted by Crippen LogP contribution is 2.43. The van der Waals surface area contributed by atoms with Crippen molar-refractivity contribution >= 4 is 27.4 Å². The summed E-state index contributed by atoms with van der Waals surface area (Å²) in [4.78, 5) is 6.57. The van der Waals surface area contributed by atoms with Crippen molar-refractivity contribution in [2.75, 3.05) is 18.0 Å². The summed E-state index contributed by atoms with van der Waals surface area (Å²) in [5, 5.41) is 23.9. The monoisotopic (exact) mass is 425 g/mol. The first kappa shape index (κ1) is 18.4. The van der Waals surface area contributed by atoms with Crippen LogP contribution in [0.5, 0.6) is 5.75 Å². The molecule has 1 aliphatic carbocycles. The van der Waals surface area contributed by atoms with E-state index in [1.54, 1.807) is 17.4 Å². The topological polar surface area (TPSA) is 74.2 Å². The van der Waals surface area contributed by atoms with E-state index in [0.29, 0.717) is 17.8 Å². The van der Waals surface area contributed by atoms with E-state index in [1.165, 1.54) is 6.42 Å². The van der Waals surface area contributed by atoms with E-state index in [1.807, 2.05) is 19.1 Å². The number of aryl methyl sites for hydroxylation is 1. The van der Waals surface area contributed by atoms with E-state index in [4.69, 9.17) is 0 Å². The van der Waals surface area contributed by atoms with Crippen LogP contribution in [0, 0.1) is 6.92 Å². The normalized spacial score (nSPS) is 24.9. The first-order valence-electron chi connectivity index (χ1n) is 10.6. The predicted molar refractivity (Wildman–Crippen MR) is 116 cm³/mol. The Bertz CT molecular complexity index is 1140. The van der Waals surface area contributed by atoms with Crippen LogP contribution in [-0.4, -0.2) is 51.1 Å². The zero-order valence-electron chi connectivity index (χ0n) is 16.9. The number of thiazole rings is 1. The van der Waals surface area contributed by atoms with Gasteiger partial charge < -0.3 is 15.3 Å². The molecule has 0 unspecified atom stereocenters. The summed E-state index contributed by atoms with van der Waals surface area (Å²) in [5.74, 6) is 0.961. The fourth-order valence-electron chi connectivity index (χ4n) is 5.27. The third-order valence-electron chi connectivity index (χ3n) is 7.03. The average molecular weight is 426 g/mol. The van der Waals surface area contributed by atoms with Crippen molar-refractivity contribution in [3.63, 3.8) is 0 Å². The predicted octanol–water partition coefficient (Wildman–Crippen LogP) is 3.75. The maximum atomic E-state index is 14.9. The Labute approximate surface area is 178 Å². The third kappa shape index (κ3) is 2.80. The number of nitrogens with zero attached hydrogens (tertiary/aromatic N) is 4. The molecule has 1 aromatic carbocycles. The summed E-state index contributed by atoms with van der Waals surface area (Å²) in [7, 11) is 0. The zero-order valence-corrected chi connectivity index (χ0v) is 17.7. The Hall–Kier alpha value is -2.32. The SMILES string of the molecule is Cc1nc2cc(O)c(-c3cc4c(nn3)N([C@H]3CC5(CCC5)NC[C@H]3F)CC4)cc2s1. The van der Waals surface area contributed by atoms with Crippen molar-refractivity contribution in [2.24, 2.45) is 0 Å². The molecule has 0 amide bonds. The number of anilines is 1. The molecule has 2 fully saturated rings. The molecule has 3 aromatic rings. The molecule has 8 heteroatoms. The molecule has 4 heterocycles. The molecular formula is C22H24FN5OS. The Morgan fingerprint density at radius 3 is 2.93 bits per heavy atom. The lowest BCUT2D eigenvalue weighted by Gasteiger charge is -2.51. The number of aromatic nitrogens is 3. The number of nitrogens with one attached hydrogen (secondary N) is 1. The first-order valence-corrected chi connectivity index (χ1v) is 11.5. The van der Waals surface area contributed by atoms with Crippen LogP contribution in [0.1, 0.15) is 36.3 Å². The molecule has 2 aliphatic heterocycles. The smallest absolute Gasteiger partial charge is 0.154 e. The largest absolute Gasteiger partial charge is 0.507 e. The number of alkyl halides is 1. The van der Waals surface area contributed by atoms with Gasteiger partial charge in [-0.1, -0.05) is 0 Å². The molecular weight excluding hydrogens is 401 g/mol. The van der Waals surface area contributed by atoms with Gasteiger partial charge in [0.05, 0.1) is 27.0 Å². The lowest BCUT2D eigenvalue weighted by molar-refractivity contribution is 0.0790. The van der Waals surface area contributed by atoms with Crippen molar-refractivity contribution in [3.8, 4) is 17.0 Å². The highest BCUT2D eigenvalue weighted by atomic mass is 32.1. The Kier molecular flexibility index (Phi) is 4.05. The van der Waals surface area contributed by atoms with E-state index >= 15 is 0 Å². The van der Waals surface area contributed by atoms with Crippen LogP contribution in [-0.2, 0) is 6.42 Å². The molecule has 2 atom stereocenters. The van der Waals surface area contributed by atoms with Crippen molar-refractivity contribution in [2.45, 2.75) is 56.8 Å². The summed E-state index contributed by atoms with van der Waals surface area (Å²) in [6.07, 6.45) is 4.26. The molecule has 0 radical (unpaired) electrons. The number of aromatic hydroxyl groups is 1. The van der Waals surface area contributed by atoms with Crippen molar-refractivity contribution in [1.29, 1.82) is 0 Å². The fraction of sp³-hybridized carbons (Fsp3) is 0.500. The number of phenolic OH excluding ortho intramolecular Hbond substituents is 1. The second-order valence-corrected chi connectivity index (χ2v) is 10.1. The summed E-state index contributed by atoms with van der Waals surface area (Å²) in [6.45, 7) is 3.15. The van der Waals surface area contributed by atoms with E-state index in [2.05, 4.69) is 25.4 Å². The highest BCUT2D eigenvalue weighted by molar-refractivity contribution is 7.18. The van der Waals surface area contributed by atoms with E-state index in [9.17, 15) is 9.50 Å². The van der Waals surface area contributed by atoms with Gasteiger partial charge in [-0.2, -0.15) is 0 Å². The van der Waals surface area contributed by atoms with Crippen molar-refractivity contribution < 1.29 is 9.50 Å². The van der Waals surface area contributed by atoms with Gasteiger partial charge in [-0.15, -0.1) is 21.5 Å². The minimum atomic E-state index is -0.898. The molecule has 2 aromatic heterocycles. The van der Waals surface area contributed by atoms with Gasteiger partial charge in [0.2, 0.25) is 0 Å². The zero-order chi connectivity index (χ0) is 20.5. The van der Waals surface area contributed by atoms with Gasteiger partial charge in [0, 0.05) is 35.8 Å². The van der Waals surface area contributed by atoms with E-state index in [-0.39, 0.29) is 17.3 Å². The maximum absolute atomic E-state index is 14.9. The van der Waals surface area contributed by atoms with Crippen LogP contribution >= 0.6 is 11.3 Å². The molecule has 1 saturated heterocycles. The molecule has 1 spiro atoms. The van der Waals surface area contributed by atoms with Crippen LogP contribution in [0.25, 0.3) is 21.5 Å². The van der Waals surface area contributed by atoms with Crippen LogP contribution in [0.4, 0.5) is 10.2 Å². The number of phenols is 1. The number of rotatable bonds is 2. The van der Waals surface area contributed by atoms with Crippen molar-refractivity contribution in [3.05, 3.63) is 28.8 Å². The third-order valence-corrected chi connectivity index (χ3v) is 7.97. The molecule has 156 valence electrons. The van der Waals surface area contributed by atoms with Gasteiger partial charge in [-0.05, 0) is 51.2 Å². The van der Waals surface area contributed by atoms with Crippen molar-refractivity contribution in [1.82, 2.24) is 20.5 Å². The maximum Gasteiger partial charge on any atom is 0.154 e. The van der Waals surface area contributed by atoms with Gasteiger partial charge in [0.1, 0.15) is 11.9 Å². The van der Waals surface area contributed by atoms with Gasteiger partial charge in [0.25, 0.3) is 0 Å². The summed E-state index contributed by atoms with van der Waals surface area (Å²) in [5.41, 5.74) is 3.31. The highest BCUT2D eigenvalue weighted by Gasteiger charge is 2.47. The summed E-state index contributed by atoms with van der Waals surface area (Å²) < 4.78 is 15.9. The van der Waals surface area contributed by atoms with Crippen LogP contribution < -0.4 is 10.2 Å². The van der Waals surface area contributed by atoms with E-state index in [0.717, 1.165) is 58.8 Å². The van der Waals surface area contributed by atoms with Gasteiger partial charge >= 0.3 is 0 Å². The number of benzene rings is 1. The number of piperidine rings is 1. The second kappa shape index (κ2) is 6.59. The lowest BCUT2D eigenvalue weighted by Crippen LogP contribution is -2.64. The minimum Gasteiger partial charge on any atom is -0.507 e. The molecule has 6 rings (SSSR count). The average Bonchev–Trinajstić information content (AvgIpc) is 3.28. The quantitative estimate of drug-likeness (QED) is 0.651. The van der Waals surface area contributed by atoms with Gasteiger partial charge in [-0.3, -0.25) is 0 Å². The fourth-order valence-corrected chi connectivity index (χ4v) is 6.12. The molecule has 2 N–H and O–H groups in total. The molecule has 6 nitrogen and oxygen atoms in total. The second-order valence-electron chi connectivity index (χ2n) is 8.89. The Morgan fingerprint density at radius 2 is 2.13 bits per heavy atom. The number of fused-ring (bicyclic) bond motifs is 2. The number of hydrogen-bond acceptors (Lipinski definition) is 7. The molecule has 3 aliphatic rings. The van der Waals surface area contributed by atoms with Crippen LogP contribution in [0.15, 0.2) is 18.2 Å². The Balaban J connectivity index is 1.33. The van der Waals surface area contributed by atoms with E-state index < -0.39 is 6.17 Å². The Morgan fingerprint density at radius 1 is 1.27 bits per heavy atom. The van der Waals surface area contributed by atoms with Gasteiger partial charge in [0.15, 0.2) is 5.82 Å². The molecule has 0 bridgehead atoms. The summed E-state index contributed by atoms with van der Waals surface area (Å²) in [6, 6.07) is 5.49. The molecule has 30 heavy (non-hydrogen) atoms. The first-order chi connectivity index (χ1) is 14.5. The summed E-state index contributed by atoms with van der Waals surface area (Å²) >= 11 is 1.60. The lowest BCUT2D eigenvalue weighted by atomic mass is 9.70. The number of hydrogen-bond donors (Lipinski definition) is 2.